The van der Waals surface area contributed by atoms with Crippen LogP contribution in [0.5, 0.6) is 0 Å². The van der Waals surface area contributed by atoms with Crippen molar-refractivity contribution in [3.63, 3.8) is 0 Å². The van der Waals surface area contributed by atoms with E-state index in [0.717, 1.165) is 18.2 Å². The summed E-state index contributed by atoms with van der Waals surface area (Å²) in [6, 6.07) is 0. The summed E-state index contributed by atoms with van der Waals surface area (Å²) in [5, 5.41) is 3.92. The maximum Gasteiger partial charge on any atom is 0.168 e. The molecular weight excluding hydrogens is 168 g/mol. The Hall–Kier alpha value is -0.310. The lowest BCUT2D eigenvalue weighted by Crippen LogP contribution is -2.46. The van der Waals surface area contributed by atoms with Crippen LogP contribution >= 0.6 is 12.2 Å². The topological polar surface area (TPSA) is 15.3 Å². The highest BCUT2D eigenvalue weighted by Crippen LogP contribution is 2.28. The van der Waals surface area contributed by atoms with E-state index in [4.69, 9.17) is 12.2 Å². The minimum Gasteiger partial charge on any atom is -0.366 e. The van der Waals surface area contributed by atoms with Crippen molar-refractivity contribution in [3.05, 3.63) is 0 Å². The number of nitrogens with zero attached hydrogens (tertiary/aromatic N) is 1. The van der Waals surface area contributed by atoms with Gasteiger partial charge in [0.1, 0.15) is 0 Å². The molecule has 2 nitrogen and oxygen atoms in total. The molecule has 0 unspecified atom stereocenters. The lowest BCUT2D eigenvalue weighted by atomic mass is 9.84. The van der Waals surface area contributed by atoms with Crippen LogP contribution in [0.15, 0.2) is 0 Å². The van der Waals surface area contributed by atoms with Crippen molar-refractivity contribution in [2.45, 2.75) is 26.7 Å². The van der Waals surface area contributed by atoms with Gasteiger partial charge >= 0.3 is 0 Å². The second kappa shape index (κ2) is 3.60. The van der Waals surface area contributed by atoms with Gasteiger partial charge < -0.3 is 10.2 Å². The van der Waals surface area contributed by atoms with Gasteiger partial charge in [0.05, 0.1) is 0 Å². The number of thiocarbonyl (C=S) groups is 1. The first-order valence-corrected chi connectivity index (χ1v) is 4.93. The second-order valence-corrected chi connectivity index (χ2v) is 4.63. The molecule has 0 aromatic rings. The molecule has 1 aliphatic heterocycles. The first-order chi connectivity index (χ1) is 5.55. The van der Waals surface area contributed by atoms with Crippen molar-refractivity contribution in [1.82, 2.24) is 10.2 Å². The van der Waals surface area contributed by atoms with E-state index in [-0.39, 0.29) is 0 Å². The van der Waals surface area contributed by atoms with Gasteiger partial charge in [-0.2, -0.15) is 0 Å². The smallest absolute Gasteiger partial charge is 0.168 e. The van der Waals surface area contributed by atoms with Crippen LogP contribution in [0.3, 0.4) is 0 Å². The Balaban J connectivity index is 2.52. The highest BCUT2D eigenvalue weighted by atomic mass is 32.1. The molecule has 0 atom stereocenters. The molecule has 12 heavy (non-hydrogen) atoms. The van der Waals surface area contributed by atoms with Gasteiger partial charge in [-0.05, 0) is 30.5 Å². The van der Waals surface area contributed by atoms with Crippen molar-refractivity contribution >= 4 is 17.3 Å². The van der Waals surface area contributed by atoms with E-state index in [9.17, 15) is 0 Å². The molecule has 0 saturated carbocycles. The molecule has 0 aromatic carbocycles. The van der Waals surface area contributed by atoms with E-state index in [0.29, 0.717) is 5.41 Å². The van der Waals surface area contributed by atoms with Gasteiger partial charge in [-0.3, -0.25) is 0 Å². The molecule has 0 amide bonds. The van der Waals surface area contributed by atoms with Crippen molar-refractivity contribution in [3.8, 4) is 0 Å². The molecule has 1 heterocycles. The van der Waals surface area contributed by atoms with Gasteiger partial charge in [-0.15, -0.1) is 0 Å². The summed E-state index contributed by atoms with van der Waals surface area (Å²) in [7, 11) is 1.89. The Morgan fingerprint density at radius 2 is 2.17 bits per heavy atom. The van der Waals surface area contributed by atoms with Crippen LogP contribution in [-0.2, 0) is 0 Å². The summed E-state index contributed by atoms with van der Waals surface area (Å²) >= 11 is 5.19. The molecule has 1 fully saturated rings. The Bertz CT molecular complexity index is 177. The SMILES string of the molecule is CNC(=S)N1CCCC(C)(C)C1. The summed E-state index contributed by atoms with van der Waals surface area (Å²) in [5.41, 5.74) is 0.430. The zero-order valence-corrected chi connectivity index (χ0v) is 9.00. The molecule has 0 aliphatic carbocycles. The van der Waals surface area contributed by atoms with Gasteiger partial charge in [0.25, 0.3) is 0 Å². The fraction of sp³-hybridized carbons (Fsp3) is 0.889. The maximum atomic E-state index is 5.19. The minimum absolute atomic E-state index is 0.430. The third kappa shape index (κ3) is 2.34. The quantitative estimate of drug-likeness (QED) is 0.579. The Morgan fingerprint density at radius 1 is 1.50 bits per heavy atom. The van der Waals surface area contributed by atoms with Crippen LogP contribution in [0.2, 0.25) is 0 Å². The molecule has 1 saturated heterocycles. The molecular formula is C9H18N2S. The van der Waals surface area contributed by atoms with Crippen molar-refractivity contribution in [2.75, 3.05) is 20.1 Å². The number of hydrogen-bond acceptors (Lipinski definition) is 1. The van der Waals surface area contributed by atoms with Crippen LogP contribution in [0.4, 0.5) is 0 Å². The van der Waals surface area contributed by atoms with Gasteiger partial charge in [0.15, 0.2) is 5.11 Å². The Labute approximate surface area is 80.3 Å². The molecule has 1 rings (SSSR count). The first-order valence-electron chi connectivity index (χ1n) is 4.52. The van der Waals surface area contributed by atoms with E-state index >= 15 is 0 Å². The Kier molecular flexibility index (Phi) is 2.94. The fourth-order valence-electron chi connectivity index (χ4n) is 1.75. The average molecular weight is 186 g/mol. The second-order valence-electron chi connectivity index (χ2n) is 4.24. The van der Waals surface area contributed by atoms with Crippen molar-refractivity contribution in [2.24, 2.45) is 5.41 Å². The number of rotatable bonds is 0. The highest BCUT2D eigenvalue weighted by molar-refractivity contribution is 7.80. The molecule has 0 spiro atoms. The largest absolute Gasteiger partial charge is 0.366 e. The molecule has 0 radical (unpaired) electrons. The molecule has 70 valence electrons. The zero-order valence-electron chi connectivity index (χ0n) is 8.18. The predicted octanol–water partition coefficient (Wildman–Crippen LogP) is 1.61. The van der Waals surface area contributed by atoms with Crippen LogP contribution < -0.4 is 5.32 Å². The van der Waals surface area contributed by atoms with Crippen molar-refractivity contribution < 1.29 is 0 Å². The van der Waals surface area contributed by atoms with Crippen LogP contribution in [0.1, 0.15) is 26.7 Å². The van der Waals surface area contributed by atoms with Gasteiger partial charge in [-0.1, -0.05) is 13.8 Å². The summed E-state index contributed by atoms with van der Waals surface area (Å²) in [4.78, 5) is 2.26. The third-order valence-electron chi connectivity index (χ3n) is 2.40. The first kappa shape index (κ1) is 9.78. The number of nitrogens with one attached hydrogen (secondary N) is 1. The molecule has 0 bridgehead atoms. The van der Waals surface area contributed by atoms with E-state index in [1.807, 2.05) is 7.05 Å². The normalized spacial score (nSPS) is 22.1. The summed E-state index contributed by atoms with van der Waals surface area (Å²) in [6.07, 6.45) is 2.57. The minimum atomic E-state index is 0.430. The fourth-order valence-corrected chi connectivity index (χ4v) is 1.91. The third-order valence-corrected chi connectivity index (χ3v) is 2.86. The van der Waals surface area contributed by atoms with Crippen LogP contribution in [-0.4, -0.2) is 30.1 Å². The van der Waals surface area contributed by atoms with E-state index in [1.165, 1.54) is 12.8 Å². The zero-order chi connectivity index (χ0) is 9.19. The van der Waals surface area contributed by atoms with E-state index in [1.54, 1.807) is 0 Å². The molecule has 0 aromatic heterocycles. The predicted molar refractivity (Wildman–Crippen MR) is 56.2 cm³/mol. The Morgan fingerprint density at radius 3 is 2.67 bits per heavy atom. The maximum absolute atomic E-state index is 5.19. The molecule has 1 N–H and O–H groups in total. The molecule has 1 aliphatic rings. The number of hydrogen-bond donors (Lipinski definition) is 1. The average Bonchev–Trinajstić information content (AvgIpc) is 2.01. The van der Waals surface area contributed by atoms with Gasteiger partial charge in [0, 0.05) is 20.1 Å². The number of likely N-dealkylation sites (tertiary alicyclic amines) is 1. The monoisotopic (exact) mass is 186 g/mol. The lowest BCUT2D eigenvalue weighted by Gasteiger charge is -2.39. The molecule has 3 heteroatoms. The lowest BCUT2D eigenvalue weighted by molar-refractivity contribution is 0.178. The van der Waals surface area contributed by atoms with E-state index < -0.39 is 0 Å². The van der Waals surface area contributed by atoms with Crippen molar-refractivity contribution in [1.29, 1.82) is 0 Å². The van der Waals surface area contributed by atoms with Crippen LogP contribution in [0, 0.1) is 5.41 Å². The van der Waals surface area contributed by atoms with Gasteiger partial charge in [-0.25, -0.2) is 0 Å². The standard InChI is InChI=1S/C9H18N2S/c1-9(2)5-4-6-11(7-9)8(12)10-3/h4-7H2,1-3H3,(H,10,12). The highest BCUT2D eigenvalue weighted by Gasteiger charge is 2.26. The van der Waals surface area contributed by atoms with E-state index in [2.05, 4.69) is 24.1 Å². The summed E-state index contributed by atoms with van der Waals surface area (Å²) < 4.78 is 0. The summed E-state index contributed by atoms with van der Waals surface area (Å²) in [5.74, 6) is 0. The van der Waals surface area contributed by atoms with Gasteiger partial charge in [0.2, 0.25) is 0 Å². The number of piperidine rings is 1. The van der Waals surface area contributed by atoms with Crippen LogP contribution in [0.25, 0.3) is 0 Å². The summed E-state index contributed by atoms with van der Waals surface area (Å²) in [6.45, 7) is 6.81.